The van der Waals surface area contributed by atoms with Crippen molar-refractivity contribution in [2.75, 3.05) is 6.54 Å². The summed E-state index contributed by atoms with van der Waals surface area (Å²) in [6.07, 6.45) is 3.69. The molecule has 0 aromatic carbocycles. The van der Waals surface area contributed by atoms with E-state index in [2.05, 4.69) is 40.9 Å². The van der Waals surface area contributed by atoms with Crippen molar-refractivity contribution in [3.8, 4) is 6.07 Å². The van der Waals surface area contributed by atoms with Crippen LogP contribution in [0.3, 0.4) is 0 Å². The largest absolute Gasteiger partial charge is 0.345 e. The molecule has 2 aromatic heterocycles. The summed E-state index contributed by atoms with van der Waals surface area (Å²) in [5.41, 5.74) is 2.67. The van der Waals surface area contributed by atoms with E-state index >= 15 is 0 Å². The first-order valence-corrected chi connectivity index (χ1v) is 6.48. The molecule has 0 saturated carbocycles. The Labute approximate surface area is 113 Å². The molecule has 0 aliphatic carbocycles. The van der Waals surface area contributed by atoms with Gasteiger partial charge >= 0.3 is 0 Å². The van der Waals surface area contributed by atoms with Gasteiger partial charge in [-0.15, -0.1) is 0 Å². The van der Waals surface area contributed by atoms with E-state index in [0.29, 0.717) is 18.3 Å². The highest BCUT2D eigenvalue weighted by Gasteiger charge is 2.10. The molecule has 0 saturated heterocycles. The lowest BCUT2D eigenvalue weighted by Gasteiger charge is -2.16. The first-order valence-electron chi connectivity index (χ1n) is 6.48. The number of pyridine rings is 1. The smallest absolute Gasteiger partial charge is 0.145 e. The number of nitriles is 1. The number of hydrogen-bond acceptors (Lipinski definition) is 3. The monoisotopic (exact) mass is 254 g/mol. The average molecular weight is 254 g/mol. The van der Waals surface area contributed by atoms with Gasteiger partial charge < -0.3 is 9.88 Å². The van der Waals surface area contributed by atoms with Gasteiger partial charge in [0, 0.05) is 29.7 Å². The SMILES string of the molecule is CCNC(C)c1cccn1Cc1cccnc1C#N. The maximum atomic E-state index is 9.08. The summed E-state index contributed by atoms with van der Waals surface area (Å²) in [6.45, 7) is 5.85. The van der Waals surface area contributed by atoms with E-state index in [1.165, 1.54) is 5.69 Å². The van der Waals surface area contributed by atoms with Crippen LogP contribution in [0.5, 0.6) is 0 Å². The normalized spacial score (nSPS) is 12.1. The van der Waals surface area contributed by atoms with Gasteiger partial charge in [0.25, 0.3) is 0 Å². The van der Waals surface area contributed by atoms with Gasteiger partial charge in [-0.2, -0.15) is 5.26 Å². The van der Waals surface area contributed by atoms with Crippen molar-refractivity contribution in [2.24, 2.45) is 0 Å². The fraction of sp³-hybridized carbons (Fsp3) is 0.333. The summed E-state index contributed by atoms with van der Waals surface area (Å²) in [5, 5.41) is 12.5. The molecule has 0 spiro atoms. The molecule has 0 fully saturated rings. The van der Waals surface area contributed by atoms with Crippen molar-refractivity contribution in [3.05, 3.63) is 53.6 Å². The molecule has 2 heterocycles. The van der Waals surface area contributed by atoms with E-state index in [1.807, 2.05) is 24.4 Å². The van der Waals surface area contributed by atoms with Crippen LogP contribution in [-0.2, 0) is 6.54 Å². The lowest BCUT2D eigenvalue weighted by Crippen LogP contribution is -2.21. The van der Waals surface area contributed by atoms with Crippen LogP contribution in [0.1, 0.15) is 36.8 Å². The van der Waals surface area contributed by atoms with Crippen LogP contribution in [0, 0.1) is 11.3 Å². The Balaban J connectivity index is 2.25. The minimum Gasteiger partial charge on any atom is -0.345 e. The molecular formula is C15H18N4. The van der Waals surface area contributed by atoms with Crippen molar-refractivity contribution < 1.29 is 0 Å². The molecule has 19 heavy (non-hydrogen) atoms. The highest BCUT2D eigenvalue weighted by atomic mass is 15.0. The molecule has 0 aliphatic heterocycles. The Bertz CT molecular complexity index is 580. The van der Waals surface area contributed by atoms with Gasteiger partial charge in [-0.25, -0.2) is 4.98 Å². The van der Waals surface area contributed by atoms with Gasteiger partial charge in [0.15, 0.2) is 0 Å². The Morgan fingerprint density at radius 1 is 1.42 bits per heavy atom. The molecule has 1 atom stereocenters. The van der Waals surface area contributed by atoms with E-state index in [0.717, 1.165) is 12.1 Å². The number of nitrogens with one attached hydrogen (secondary N) is 1. The maximum Gasteiger partial charge on any atom is 0.145 e. The van der Waals surface area contributed by atoms with Gasteiger partial charge in [0.2, 0.25) is 0 Å². The van der Waals surface area contributed by atoms with Gasteiger partial charge in [-0.1, -0.05) is 13.0 Å². The third-order valence-electron chi connectivity index (χ3n) is 3.16. The summed E-state index contributed by atoms with van der Waals surface area (Å²) in [7, 11) is 0. The Hall–Kier alpha value is -2.12. The zero-order valence-electron chi connectivity index (χ0n) is 11.3. The fourth-order valence-corrected chi connectivity index (χ4v) is 2.23. The standard InChI is InChI=1S/C15H18N4/c1-3-17-12(2)15-7-5-9-19(15)11-13-6-4-8-18-14(13)10-16/h4-9,12,17H,3,11H2,1-2H3. The molecule has 1 unspecified atom stereocenters. The predicted octanol–water partition coefficient (Wildman–Crippen LogP) is 2.47. The first-order chi connectivity index (χ1) is 9.26. The highest BCUT2D eigenvalue weighted by Crippen LogP contribution is 2.16. The Kier molecular flexibility index (Phi) is 4.32. The zero-order valence-corrected chi connectivity index (χ0v) is 11.3. The summed E-state index contributed by atoms with van der Waals surface area (Å²) in [6, 6.07) is 10.4. The van der Waals surface area contributed by atoms with E-state index in [-0.39, 0.29) is 0 Å². The minimum atomic E-state index is 0.294. The Morgan fingerprint density at radius 3 is 3.00 bits per heavy atom. The van der Waals surface area contributed by atoms with Crippen LogP contribution < -0.4 is 5.32 Å². The highest BCUT2D eigenvalue weighted by molar-refractivity contribution is 5.31. The van der Waals surface area contributed by atoms with Crippen molar-refractivity contribution in [1.29, 1.82) is 5.26 Å². The second-order valence-electron chi connectivity index (χ2n) is 4.46. The summed E-state index contributed by atoms with van der Waals surface area (Å²) in [5.74, 6) is 0. The molecule has 0 aliphatic rings. The van der Waals surface area contributed by atoms with Gasteiger partial charge in [-0.05, 0) is 31.7 Å². The van der Waals surface area contributed by atoms with E-state index in [9.17, 15) is 0 Å². The third-order valence-corrected chi connectivity index (χ3v) is 3.16. The molecule has 1 N–H and O–H groups in total. The second kappa shape index (κ2) is 6.17. The molecule has 4 nitrogen and oxygen atoms in total. The first kappa shape index (κ1) is 13.3. The van der Waals surface area contributed by atoms with E-state index in [4.69, 9.17) is 5.26 Å². The Morgan fingerprint density at radius 2 is 2.26 bits per heavy atom. The molecule has 4 heteroatoms. The van der Waals surface area contributed by atoms with Crippen molar-refractivity contribution in [2.45, 2.75) is 26.4 Å². The van der Waals surface area contributed by atoms with Crippen LogP contribution in [-0.4, -0.2) is 16.1 Å². The molecule has 2 aromatic rings. The van der Waals surface area contributed by atoms with Crippen LogP contribution in [0.4, 0.5) is 0 Å². The summed E-state index contributed by atoms with van der Waals surface area (Å²) < 4.78 is 2.16. The van der Waals surface area contributed by atoms with Crippen molar-refractivity contribution in [1.82, 2.24) is 14.9 Å². The molecule has 0 radical (unpaired) electrons. The van der Waals surface area contributed by atoms with Gasteiger partial charge in [0.05, 0.1) is 6.54 Å². The summed E-state index contributed by atoms with van der Waals surface area (Å²) >= 11 is 0. The molecule has 0 amide bonds. The van der Waals surface area contributed by atoms with E-state index in [1.54, 1.807) is 6.20 Å². The quantitative estimate of drug-likeness (QED) is 0.891. The zero-order chi connectivity index (χ0) is 13.7. The predicted molar refractivity (Wildman–Crippen MR) is 74.6 cm³/mol. The summed E-state index contributed by atoms with van der Waals surface area (Å²) in [4.78, 5) is 4.10. The van der Waals surface area contributed by atoms with Crippen molar-refractivity contribution >= 4 is 0 Å². The van der Waals surface area contributed by atoms with Crippen LogP contribution >= 0.6 is 0 Å². The molecule has 0 bridgehead atoms. The second-order valence-corrected chi connectivity index (χ2v) is 4.46. The van der Waals surface area contributed by atoms with Crippen LogP contribution in [0.2, 0.25) is 0 Å². The molecular weight excluding hydrogens is 236 g/mol. The van der Waals surface area contributed by atoms with Crippen LogP contribution in [0.25, 0.3) is 0 Å². The van der Waals surface area contributed by atoms with Gasteiger partial charge in [-0.3, -0.25) is 0 Å². The van der Waals surface area contributed by atoms with Crippen molar-refractivity contribution in [3.63, 3.8) is 0 Å². The molecule has 98 valence electrons. The van der Waals surface area contributed by atoms with Gasteiger partial charge in [0.1, 0.15) is 11.8 Å². The third kappa shape index (κ3) is 3.01. The van der Waals surface area contributed by atoms with E-state index < -0.39 is 0 Å². The number of rotatable bonds is 5. The minimum absolute atomic E-state index is 0.294. The number of hydrogen-bond donors (Lipinski definition) is 1. The van der Waals surface area contributed by atoms with Crippen LogP contribution in [0.15, 0.2) is 36.7 Å². The molecule has 2 rings (SSSR count). The number of nitrogens with zero attached hydrogens (tertiary/aromatic N) is 3. The topological polar surface area (TPSA) is 53.6 Å². The average Bonchev–Trinajstić information content (AvgIpc) is 2.88. The maximum absolute atomic E-state index is 9.08. The lowest BCUT2D eigenvalue weighted by atomic mass is 10.2. The fourth-order valence-electron chi connectivity index (χ4n) is 2.23. The lowest BCUT2D eigenvalue weighted by molar-refractivity contribution is 0.553. The number of aromatic nitrogens is 2.